The van der Waals surface area contributed by atoms with Crippen LogP contribution in [0.2, 0.25) is 0 Å². The molecule has 0 unspecified atom stereocenters. The molecule has 0 aliphatic carbocycles. The van der Waals surface area contributed by atoms with Crippen LogP contribution in [0.3, 0.4) is 0 Å². The number of halogens is 1. The van der Waals surface area contributed by atoms with E-state index in [4.69, 9.17) is 0 Å². The Balaban J connectivity index is 1.38. The molecular weight excluding hydrogens is 497 g/mol. The van der Waals surface area contributed by atoms with Crippen LogP contribution in [0.4, 0.5) is 15.8 Å². The number of nitrogens with zero attached hydrogens (tertiary/aromatic N) is 3. The fraction of sp³-hybridized carbons (Fsp3) is 0.300. The molecule has 8 nitrogen and oxygen atoms in total. The number of anilines is 2. The van der Waals surface area contributed by atoms with Crippen molar-refractivity contribution in [1.29, 1.82) is 0 Å². The summed E-state index contributed by atoms with van der Waals surface area (Å²) in [5, 5.41) is 6.21. The van der Waals surface area contributed by atoms with E-state index in [1.807, 2.05) is 46.2 Å². The molecule has 3 aromatic carbocycles. The Morgan fingerprint density at radius 2 is 1.41 bits per heavy atom. The first kappa shape index (κ1) is 26.4. The molecule has 0 saturated carbocycles. The molecule has 0 bridgehead atoms. The lowest BCUT2D eigenvalue weighted by Gasteiger charge is -2.37. The van der Waals surface area contributed by atoms with E-state index in [1.165, 1.54) is 18.2 Å². The first-order valence-electron chi connectivity index (χ1n) is 13.3. The molecule has 0 radical (unpaired) electrons. The Morgan fingerprint density at radius 1 is 0.692 bits per heavy atom. The second kappa shape index (κ2) is 12.1. The third-order valence-electron chi connectivity index (χ3n) is 7.13. The normalized spacial score (nSPS) is 16.0. The SMILES string of the molecule is O=C(Nc1cc(C(=O)N2CCCNCC2)ccc1N1CCN(C(=O)c2ccccc2)CC1)c1cccc(F)c1. The van der Waals surface area contributed by atoms with Crippen LogP contribution in [0.1, 0.15) is 37.5 Å². The van der Waals surface area contributed by atoms with E-state index < -0.39 is 11.7 Å². The summed E-state index contributed by atoms with van der Waals surface area (Å²) >= 11 is 0. The zero-order valence-electron chi connectivity index (χ0n) is 21.7. The summed E-state index contributed by atoms with van der Waals surface area (Å²) in [6, 6.07) is 20.0. The molecule has 2 aliphatic rings. The third kappa shape index (κ3) is 6.26. The molecule has 202 valence electrons. The zero-order valence-corrected chi connectivity index (χ0v) is 21.7. The second-order valence-electron chi connectivity index (χ2n) is 9.74. The van der Waals surface area contributed by atoms with Gasteiger partial charge in [-0.15, -0.1) is 0 Å². The first-order valence-corrected chi connectivity index (χ1v) is 13.3. The molecule has 0 spiro atoms. The number of rotatable bonds is 5. The highest BCUT2D eigenvalue weighted by Crippen LogP contribution is 2.30. The molecule has 5 rings (SSSR count). The number of nitrogens with one attached hydrogen (secondary N) is 2. The molecule has 3 amide bonds. The summed E-state index contributed by atoms with van der Waals surface area (Å²) in [6.45, 7) is 5.05. The summed E-state index contributed by atoms with van der Waals surface area (Å²) in [7, 11) is 0. The molecular formula is C30H32FN5O3. The maximum Gasteiger partial charge on any atom is 0.255 e. The van der Waals surface area contributed by atoms with Crippen LogP contribution < -0.4 is 15.5 Å². The highest BCUT2D eigenvalue weighted by Gasteiger charge is 2.25. The van der Waals surface area contributed by atoms with Crippen LogP contribution in [0.15, 0.2) is 72.8 Å². The van der Waals surface area contributed by atoms with Gasteiger partial charge in [-0.25, -0.2) is 4.39 Å². The van der Waals surface area contributed by atoms with Gasteiger partial charge in [0.25, 0.3) is 17.7 Å². The van der Waals surface area contributed by atoms with E-state index in [1.54, 1.807) is 18.2 Å². The monoisotopic (exact) mass is 529 g/mol. The standard InChI is InChI=1S/C30H32FN5O3/c31-25-9-4-8-23(20-25)28(37)33-26-21-24(30(39)35-14-5-12-32-13-15-35)10-11-27(26)34-16-18-36(19-17-34)29(38)22-6-2-1-3-7-22/h1-4,6-11,20-21,32H,5,12-19H2,(H,33,37). The topological polar surface area (TPSA) is 85.0 Å². The largest absolute Gasteiger partial charge is 0.366 e. The molecule has 3 aromatic rings. The summed E-state index contributed by atoms with van der Waals surface area (Å²) in [5.41, 5.74) is 2.55. The number of hydrogen-bond acceptors (Lipinski definition) is 5. The van der Waals surface area contributed by atoms with Crippen LogP contribution in [-0.2, 0) is 0 Å². The molecule has 2 saturated heterocycles. The van der Waals surface area contributed by atoms with E-state index >= 15 is 0 Å². The Bertz CT molecular complexity index is 1330. The molecule has 0 atom stereocenters. The average molecular weight is 530 g/mol. The van der Waals surface area contributed by atoms with Crippen LogP contribution in [0, 0.1) is 5.82 Å². The van der Waals surface area contributed by atoms with E-state index in [0.29, 0.717) is 56.1 Å². The van der Waals surface area contributed by atoms with Crippen molar-refractivity contribution in [3.63, 3.8) is 0 Å². The van der Waals surface area contributed by atoms with Gasteiger partial charge >= 0.3 is 0 Å². The van der Waals surface area contributed by atoms with Crippen LogP contribution in [0.5, 0.6) is 0 Å². The van der Waals surface area contributed by atoms with Crippen molar-refractivity contribution in [1.82, 2.24) is 15.1 Å². The molecule has 2 heterocycles. The predicted molar refractivity (Wildman–Crippen MR) is 149 cm³/mol. The van der Waals surface area contributed by atoms with Crippen LogP contribution >= 0.6 is 0 Å². The van der Waals surface area contributed by atoms with Crippen molar-refractivity contribution in [3.05, 3.63) is 95.3 Å². The Kier molecular flexibility index (Phi) is 8.17. The fourth-order valence-electron chi connectivity index (χ4n) is 5.01. The Morgan fingerprint density at radius 3 is 2.18 bits per heavy atom. The van der Waals surface area contributed by atoms with E-state index in [0.717, 1.165) is 25.2 Å². The van der Waals surface area contributed by atoms with Gasteiger partial charge in [0.1, 0.15) is 5.82 Å². The lowest BCUT2D eigenvalue weighted by atomic mass is 10.1. The van der Waals surface area contributed by atoms with Crippen molar-refractivity contribution in [2.45, 2.75) is 6.42 Å². The predicted octanol–water partition coefficient (Wildman–Crippen LogP) is 3.48. The van der Waals surface area contributed by atoms with Gasteiger partial charge in [0.05, 0.1) is 11.4 Å². The van der Waals surface area contributed by atoms with Gasteiger partial charge in [0, 0.05) is 62.5 Å². The van der Waals surface area contributed by atoms with Crippen LogP contribution in [0.25, 0.3) is 0 Å². The summed E-state index contributed by atoms with van der Waals surface area (Å²) < 4.78 is 13.8. The van der Waals surface area contributed by atoms with Gasteiger partial charge in [-0.2, -0.15) is 0 Å². The lowest BCUT2D eigenvalue weighted by Crippen LogP contribution is -2.49. The number of carbonyl (C=O) groups excluding carboxylic acids is 3. The maximum atomic E-state index is 13.8. The van der Waals surface area contributed by atoms with Crippen molar-refractivity contribution in [2.75, 3.05) is 62.6 Å². The number of amides is 3. The Hall–Kier alpha value is -4.24. The average Bonchev–Trinajstić information content (AvgIpc) is 3.27. The van der Waals surface area contributed by atoms with Crippen molar-refractivity contribution >= 4 is 29.1 Å². The number of carbonyl (C=O) groups is 3. The van der Waals surface area contributed by atoms with Crippen LogP contribution in [-0.4, -0.2) is 79.9 Å². The summed E-state index contributed by atoms with van der Waals surface area (Å²) in [5.74, 6) is -1.06. The van der Waals surface area contributed by atoms with Gasteiger partial charge < -0.3 is 25.3 Å². The molecule has 9 heteroatoms. The number of piperazine rings is 1. The summed E-state index contributed by atoms with van der Waals surface area (Å²) in [6.07, 6.45) is 0.874. The quantitative estimate of drug-likeness (QED) is 0.529. The first-order chi connectivity index (χ1) is 19.0. The minimum Gasteiger partial charge on any atom is -0.366 e. The Labute approximate surface area is 227 Å². The van der Waals surface area contributed by atoms with E-state index in [2.05, 4.69) is 15.5 Å². The minimum absolute atomic E-state index is 0.0113. The van der Waals surface area contributed by atoms with Crippen molar-refractivity contribution < 1.29 is 18.8 Å². The van der Waals surface area contributed by atoms with Crippen molar-refractivity contribution in [3.8, 4) is 0 Å². The number of hydrogen-bond donors (Lipinski definition) is 2. The highest BCUT2D eigenvalue weighted by molar-refractivity contribution is 6.07. The highest BCUT2D eigenvalue weighted by atomic mass is 19.1. The van der Waals surface area contributed by atoms with Gasteiger partial charge in [0.2, 0.25) is 0 Å². The van der Waals surface area contributed by atoms with Gasteiger partial charge in [0.15, 0.2) is 0 Å². The van der Waals surface area contributed by atoms with E-state index in [9.17, 15) is 18.8 Å². The molecule has 39 heavy (non-hydrogen) atoms. The molecule has 2 fully saturated rings. The van der Waals surface area contributed by atoms with Gasteiger partial charge in [-0.1, -0.05) is 24.3 Å². The van der Waals surface area contributed by atoms with Gasteiger partial charge in [-0.3, -0.25) is 14.4 Å². The molecule has 2 N–H and O–H groups in total. The molecule has 2 aliphatic heterocycles. The minimum atomic E-state index is -0.499. The second-order valence-corrected chi connectivity index (χ2v) is 9.74. The van der Waals surface area contributed by atoms with Crippen molar-refractivity contribution in [2.24, 2.45) is 0 Å². The van der Waals surface area contributed by atoms with E-state index in [-0.39, 0.29) is 17.4 Å². The van der Waals surface area contributed by atoms with Gasteiger partial charge in [-0.05, 0) is 61.5 Å². The summed E-state index contributed by atoms with van der Waals surface area (Å²) in [4.78, 5) is 45.0. The maximum absolute atomic E-state index is 13.8. The zero-order chi connectivity index (χ0) is 27.2. The lowest BCUT2D eigenvalue weighted by molar-refractivity contribution is 0.0743. The number of benzene rings is 3. The molecule has 0 aromatic heterocycles. The third-order valence-corrected chi connectivity index (χ3v) is 7.13. The smallest absolute Gasteiger partial charge is 0.255 e. The fourth-order valence-corrected chi connectivity index (χ4v) is 5.01.